The lowest BCUT2D eigenvalue weighted by Crippen LogP contribution is -2.42. The summed E-state index contributed by atoms with van der Waals surface area (Å²) in [6.07, 6.45) is 1.14. The third kappa shape index (κ3) is 14.1. The van der Waals surface area contributed by atoms with E-state index in [1.54, 1.807) is 68.8 Å². The summed E-state index contributed by atoms with van der Waals surface area (Å²) in [4.78, 5) is 52.8. The molecule has 0 aliphatic heterocycles. The van der Waals surface area contributed by atoms with Crippen molar-refractivity contribution >= 4 is 24.1 Å². The quantitative estimate of drug-likeness (QED) is 0.289. The van der Waals surface area contributed by atoms with Crippen LogP contribution in [0.4, 0.5) is 9.59 Å². The molecule has 33 heavy (non-hydrogen) atoms. The molecule has 0 aromatic rings. The number of carbonyl (C=O) groups is 4. The molecule has 1 unspecified atom stereocenters. The average molecular weight is 472 g/mol. The predicted octanol–water partition coefficient (Wildman–Crippen LogP) is 3.06. The largest absolute Gasteiger partial charge is 0.457 e. The van der Waals surface area contributed by atoms with Crippen molar-refractivity contribution in [1.29, 1.82) is 0 Å². The second-order valence-electron chi connectivity index (χ2n) is 9.94. The van der Waals surface area contributed by atoms with Crippen LogP contribution in [0.1, 0.15) is 54.4 Å². The Balaban J connectivity index is 4.99. The summed E-state index contributed by atoms with van der Waals surface area (Å²) >= 11 is 0. The van der Waals surface area contributed by atoms with Gasteiger partial charge >= 0.3 is 18.2 Å². The standard InChI is InChI=1S/C23H41N3O7/c1-22(2,3)32-19(28)17(13-11-12-14-18(27)24(7)8)31-20(29)25(9)15-16-26(10)21(30)33-23(4,5)6/h12,14,17H,11,13,15-16H2,1-10H3/b14-12+. The molecule has 0 bridgehead atoms. The van der Waals surface area contributed by atoms with Crippen LogP contribution in [-0.4, -0.2) is 97.3 Å². The molecule has 0 saturated carbocycles. The van der Waals surface area contributed by atoms with Crippen LogP contribution in [0.3, 0.4) is 0 Å². The van der Waals surface area contributed by atoms with E-state index < -0.39 is 35.5 Å². The first-order chi connectivity index (χ1) is 14.9. The van der Waals surface area contributed by atoms with Gasteiger partial charge in [-0.1, -0.05) is 6.08 Å². The first kappa shape index (κ1) is 30.2. The fourth-order valence-corrected chi connectivity index (χ4v) is 2.21. The van der Waals surface area contributed by atoms with Gasteiger partial charge < -0.3 is 28.9 Å². The molecular formula is C23H41N3O7. The normalized spacial score (nSPS) is 12.7. The van der Waals surface area contributed by atoms with Crippen molar-refractivity contribution in [3.63, 3.8) is 0 Å². The molecule has 0 N–H and O–H groups in total. The van der Waals surface area contributed by atoms with Crippen molar-refractivity contribution in [2.24, 2.45) is 0 Å². The molecule has 0 rings (SSSR count). The number of hydrogen-bond acceptors (Lipinski definition) is 7. The molecule has 0 aromatic heterocycles. The number of ether oxygens (including phenoxy) is 3. The van der Waals surface area contributed by atoms with E-state index in [1.807, 2.05) is 0 Å². The molecule has 0 aliphatic rings. The number of allylic oxidation sites excluding steroid dienone is 1. The zero-order chi connectivity index (χ0) is 26.0. The van der Waals surface area contributed by atoms with E-state index in [1.165, 1.54) is 27.8 Å². The highest BCUT2D eigenvalue weighted by Gasteiger charge is 2.29. The van der Waals surface area contributed by atoms with Crippen molar-refractivity contribution in [2.75, 3.05) is 41.3 Å². The topological polar surface area (TPSA) is 106 Å². The summed E-state index contributed by atoms with van der Waals surface area (Å²) in [5.41, 5.74) is -1.37. The van der Waals surface area contributed by atoms with Crippen LogP contribution < -0.4 is 0 Å². The number of likely N-dealkylation sites (N-methyl/N-ethyl adjacent to an activating group) is 3. The highest BCUT2D eigenvalue weighted by atomic mass is 16.6. The van der Waals surface area contributed by atoms with Crippen LogP contribution in [0, 0.1) is 0 Å². The molecule has 0 aromatic carbocycles. The van der Waals surface area contributed by atoms with E-state index in [9.17, 15) is 19.2 Å². The van der Waals surface area contributed by atoms with Crippen LogP contribution in [0.2, 0.25) is 0 Å². The number of nitrogens with zero attached hydrogens (tertiary/aromatic N) is 3. The zero-order valence-corrected chi connectivity index (χ0v) is 21.8. The Morgan fingerprint density at radius 2 is 1.27 bits per heavy atom. The van der Waals surface area contributed by atoms with Crippen LogP contribution >= 0.6 is 0 Å². The lowest BCUT2D eigenvalue weighted by Gasteiger charge is -2.27. The minimum atomic E-state index is -1.14. The molecule has 0 heterocycles. The maximum absolute atomic E-state index is 12.6. The van der Waals surface area contributed by atoms with Gasteiger partial charge in [0.1, 0.15) is 11.2 Å². The Kier molecular flexibility index (Phi) is 12.0. The first-order valence-corrected chi connectivity index (χ1v) is 10.9. The molecule has 190 valence electrons. The van der Waals surface area contributed by atoms with Crippen molar-refractivity contribution in [3.05, 3.63) is 12.2 Å². The number of carbonyl (C=O) groups excluding carboxylic acids is 4. The van der Waals surface area contributed by atoms with Gasteiger partial charge in [0.15, 0.2) is 0 Å². The van der Waals surface area contributed by atoms with Crippen molar-refractivity contribution in [3.8, 4) is 0 Å². The summed E-state index contributed by atoms with van der Waals surface area (Å²) in [7, 11) is 6.34. The summed E-state index contributed by atoms with van der Waals surface area (Å²) in [5, 5.41) is 0. The summed E-state index contributed by atoms with van der Waals surface area (Å²) in [6.45, 7) is 10.9. The molecule has 10 heteroatoms. The van der Waals surface area contributed by atoms with Gasteiger partial charge in [0, 0.05) is 41.3 Å². The summed E-state index contributed by atoms with van der Waals surface area (Å²) < 4.78 is 16.0. The molecule has 1 atom stereocenters. The number of rotatable bonds is 9. The first-order valence-electron chi connectivity index (χ1n) is 10.9. The Morgan fingerprint density at radius 3 is 1.73 bits per heavy atom. The second-order valence-corrected chi connectivity index (χ2v) is 9.94. The monoisotopic (exact) mass is 471 g/mol. The van der Waals surface area contributed by atoms with Crippen LogP contribution in [0.25, 0.3) is 0 Å². The minimum absolute atomic E-state index is 0.156. The van der Waals surface area contributed by atoms with Gasteiger partial charge in [0.25, 0.3) is 0 Å². The third-order valence-corrected chi connectivity index (χ3v) is 4.00. The highest BCUT2D eigenvalue weighted by molar-refractivity contribution is 5.87. The molecule has 0 saturated heterocycles. The van der Waals surface area contributed by atoms with Crippen molar-refractivity contribution in [2.45, 2.75) is 71.7 Å². The summed E-state index contributed by atoms with van der Waals surface area (Å²) in [6, 6.07) is 0. The van der Waals surface area contributed by atoms with Crippen molar-refractivity contribution in [1.82, 2.24) is 14.7 Å². The molecule has 3 amide bonds. The van der Waals surface area contributed by atoms with E-state index >= 15 is 0 Å². The molecular weight excluding hydrogens is 430 g/mol. The van der Waals surface area contributed by atoms with E-state index in [-0.39, 0.29) is 25.4 Å². The van der Waals surface area contributed by atoms with Gasteiger partial charge in [0.2, 0.25) is 12.0 Å². The summed E-state index contributed by atoms with van der Waals surface area (Å²) in [5.74, 6) is -0.850. The van der Waals surface area contributed by atoms with Gasteiger partial charge in [-0.15, -0.1) is 0 Å². The number of hydrogen-bond donors (Lipinski definition) is 0. The highest BCUT2D eigenvalue weighted by Crippen LogP contribution is 2.15. The van der Waals surface area contributed by atoms with Gasteiger partial charge in [0.05, 0.1) is 0 Å². The fourth-order valence-electron chi connectivity index (χ4n) is 2.21. The minimum Gasteiger partial charge on any atom is -0.457 e. The fraction of sp³-hybridized carbons (Fsp3) is 0.739. The van der Waals surface area contributed by atoms with Crippen LogP contribution in [0.5, 0.6) is 0 Å². The lowest BCUT2D eigenvalue weighted by molar-refractivity contribution is -0.165. The lowest BCUT2D eigenvalue weighted by atomic mass is 10.1. The van der Waals surface area contributed by atoms with E-state index in [0.29, 0.717) is 6.42 Å². The second kappa shape index (κ2) is 13.1. The molecule has 0 spiro atoms. The predicted molar refractivity (Wildman–Crippen MR) is 125 cm³/mol. The van der Waals surface area contributed by atoms with E-state index in [4.69, 9.17) is 14.2 Å². The van der Waals surface area contributed by atoms with Gasteiger partial charge in [-0.25, -0.2) is 14.4 Å². The van der Waals surface area contributed by atoms with Gasteiger partial charge in [-0.05, 0) is 60.5 Å². The van der Waals surface area contributed by atoms with E-state index in [0.717, 1.165) is 0 Å². The molecule has 0 aliphatic carbocycles. The van der Waals surface area contributed by atoms with Crippen LogP contribution in [0.15, 0.2) is 12.2 Å². The molecule has 0 radical (unpaired) electrons. The Hall–Kier alpha value is -2.78. The maximum Gasteiger partial charge on any atom is 0.410 e. The Labute approximate surface area is 197 Å². The Bertz CT molecular complexity index is 706. The smallest absolute Gasteiger partial charge is 0.410 e. The average Bonchev–Trinajstić information content (AvgIpc) is 2.64. The zero-order valence-electron chi connectivity index (χ0n) is 21.8. The number of amides is 3. The third-order valence-electron chi connectivity index (χ3n) is 4.00. The SMILES string of the molecule is CN(C)C(=O)/C=C/CCC(OC(=O)N(C)CCN(C)C(=O)OC(C)(C)C)C(=O)OC(C)(C)C. The van der Waals surface area contributed by atoms with Gasteiger partial charge in [-0.2, -0.15) is 0 Å². The molecule has 0 fully saturated rings. The van der Waals surface area contributed by atoms with Gasteiger partial charge in [-0.3, -0.25) is 4.79 Å². The Morgan fingerprint density at radius 1 is 0.788 bits per heavy atom. The van der Waals surface area contributed by atoms with E-state index in [2.05, 4.69) is 0 Å². The maximum atomic E-state index is 12.6. The number of esters is 1. The van der Waals surface area contributed by atoms with Crippen LogP contribution in [-0.2, 0) is 23.8 Å². The molecule has 10 nitrogen and oxygen atoms in total. The van der Waals surface area contributed by atoms with Crippen molar-refractivity contribution < 1.29 is 33.4 Å².